The smallest absolute Gasteiger partial charge is 0.201 e. The molecule has 1 atom stereocenters. The molecule has 1 aromatic carbocycles. The number of halogens is 2. The maximum atomic E-state index is 14.7. The van der Waals surface area contributed by atoms with Crippen molar-refractivity contribution in [1.29, 1.82) is 0 Å². The molecule has 9 heteroatoms. The number of fused-ring (bicyclic) bond motifs is 2. The van der Waals surface area contributed by atoms with Crippen LogP contribution in [-0.4, -0.2) is 37.8 Å². The van der Waals surface area contributed by atoms with Crippen LogP contribution in [0.5, 0.6) is 5.75 Å². The number of nitrogens with zero attached hydrogens (tertiary/aromatic N) is 5. The minimum Gasteiger partial charge on any atom is -0.505 e. The van der Waals surface area contributed by atoms with Crippen molar-refractivity contribution in [3.63, 3.8) is 0 Å². The molecule has 4 aromatic rings. The van der Waals surface area contributed by atoms with E-state index in [4.69, 9.17) is 10.7 Å². The fourth-order valence-corrected chi connectivity index (χ4v) is 5.64. The highest BCUT2D eigenvalue weighted by Crippen LogP contribution is 2.50. The van der Waals surface area contributed by atoms with E-state index in [1.165, 1.54) is 6.07 Å². The molecule has 0 amide bonds. The summed E-state index contributed by atoms with van der Waals surface area (Å²) < 4.78 is 30.4. The number of nitrogens with two attached hydrogens (primary N) is 1. The lowest BCUT2D eigenvalue weighted by Crippen LogP contribution is -2.44. The molecule has 34 heavy (non-hydrogen) atoms. The van der Waals surface area contributed by atoms with Gasteiger partial charge in [0.15, 0.2) is 17.4 Å². The van der Waals surface area contributed by atoms with Gasteiger partial charge in [0.25, 0.3) is 0 Å². The van der Waals surface area contributed by atoms with Gasteiger partial charge in [0.05, 0.1) is 17.6 Å². The summed E-state index contributed by atoms with van der Waals surface area (Å²) in [7, 11) is 0. The lowest BCUT2D eigenvalue weighted by Gasteiger charge is -2.42. The summed E-state index contributed by atoms with van der Waals surface area (Å²) in [6.45, 7) is 3.30. The topological polar surface area (TPSA) is 92.6 Å². The lowest BCUT2D eigenvalue weighted by atomic mass is 9.73. The number of phenolic OH excluding ortho intramolecular Hbond substituents is 1. The number of anilines is 1. The number of phenols is 1. The Morgan fingerprint density at radius 1 is 1.09 bits per heavy atom. The summed E-state index contributed by atoms with van der Waals surface area (Å²) in [5.74, 6) is -2.39. The fourth-order valence-electron chi connectivity index (χ4n) is 5.64. The van der Waals surface area contributed by atoms with E-state index < -0.39 is 17.4 Å². The number of hydrogen-bond acceptors (Lipinski definition) is 6. The zero-order valence-corrected chi connectivity index (χ0v) is 18.7. The number of aryl methyl sites for hydroxylation is 1. The Labute approximate surface area is 194 Å². The van der Waals surface area contributed by atoms with Crippen LogP contribution in [-0.2, 0) is 6.42 Å². The summed E-state index contributed by atoms with van der Waals surface area (Å²) in [6, 6.07) is 8.30. The molecule has 6 rings (SSSR count). The van der Waals surface area contributed by atoms with E-state index in [1.807, 2.05) is 18.3 Å². The maximum absolute atomic E-state index is 14.7. The normalized spacial score (nSPS) is 19.2. The molecule has 1 aliphatic carbocycles. The first-order valence-corrected chi connectivity index (χ1v) is 11.4. The summed E-state index contributed by atoms with van der Waals surface area (Å²) >= 11 is 0. The van der Waals surface area contributed by atoms with Crippen LogP contribution in [0.1, 0.15) is 35.8 Å². The Morgan fingerprint density at radius 2 is 1.88 bits per heavy atom. The van der Waals surface area contributed by atoms with Gasteiger partial charge < -0.3 is 15.7 Å². The van der Waals surface area contributed by atoms with Gasteiger partial charge in [-0.1, -0.05) is 6.07 Å². The second kappa shape index (κ2) is 7.46. The van der Waals surface area contributed by atoms with Crippen LogP contribution in [0.2, 0.25) is 0 Å². The molecule has 1 spiro atoms. The minimum absolute atomic E-state index is 0.000315. The third-order valence-corrected chi connectivity index (χ3v) is 7.52. The third-order valence-electron chi connectivity index (χ3n) is 7.52. The molecule has 1 fully saturated rings. The van der Waals surface area contributed by atoms with Crippen molar-refractivity contribution in [2.45, 2.75) is 32.2 Å². The van der Waals surface area contributed by atoms with Gasteiger partial charge in [-0.25, -0.2) is 13.9 Å². The second-order valence-corrected chi connectivity index (χ2v) is 9.30. The molecule has 3 aromatic heterocycles. The van der Waals surface area contributed by atoms with Crippen LogP contribution in [0.4, 0.5) is 14.6 Å². The Hall–Kier alpha value is -3.59. The Morgan fingerprint density at radius 3 is 2.65 bits per heavy atom. The van der Waals surface area contributed by atoms with E-state index in [2.05, 4.69) is 21.0 Å². The molecule has 7 nitrogen and oxygen atoms in total. The van der Waals surface area contributed by atoms with E-state index in [1.54, 1.807) is 17.6 Å². The van der Waals surface area contributed by atoms with Crippen LogP contribution in [0.25, 0.3) is 16.8 Å². The van der Waals surface area contributed by atoms with Crippen molar-refractivity contribution in [3.05, 3.63) is 71.3 Å². The molecule has 0 bridgehead atoms. The summed E-state index contributed by atoms with van der Waals surface area (Å²) in [5, 5.41) is 13.9. The SMILES string of the molecule is Cc1nc(N2CCC3(CC2)Cc2ncccc2[C@H]3N)c2ccnn2c1-c1ccc(O)c(F)c1F. The molecule has 1 saturated heterocycles. The van der Waals surface area contributed by atoms with Crippen molar-refractivity contribution < 1.29 is 13.9 Å². The van der Waals surface area contributed by atoms with E-state index in [-0.39, 0.29) is 17.0 Å². The molecular weight excluding hydrogens is 438 g/mol. The Bertz CT molecular complexity index is 1430. The number of piperidine rings is 1. The highest BCUT2D eigenvalue weighted by atomic mass is 19.2. The van der Waals surface area contributed by atoms with Crippen molar-refractivity contribution in [2.75, 3.05) is 18.0 Å². The Kier molecular flexibility index (Phi) is 4.60. The second-order valence-electron chi connectivity index (χ2n) is 9.30. The molecule has 174 valence electrons. The zero-order valence-electron chi connectivity index (χ0n) is 18.7. The monoisotopic (exact) mass is 462 g/mol. The fraction of sp³-hybridized carbons (Fsp3) is 0.320. The van der Waals surface area contributed by atoms with Gasteiger partial charge >= 0.3 is 0 Å². The molecular formula is C25H24F2N6O. The van der Waals surface area contributed by atoms with E-state index in [0.717, 1.165) is 55.5 Å². The number of rotatable bonds is 2. The molecule has 0 unspecified atom stereocenters. The van der Waals surface area contributed by atoms with Gasteiger partial charge in [-0.05, 0) is 61.4 Å². The van der Waals surface area contributed by atoms with E-state index in [9.17, 15) is 13.9 Å². The zero-order chi connectivity index (χ0) is 23.6. The standard InChI is InChI=1S/C25H24F2N6O/c1-14-22(16-4-5-19(34)21(27)20(16)26)33-18(6-10-30-33)24(31-14)32-11-7-25(8-12-32)13-17-15(23(25)28)3-2-9-29-17/h2-6,9-10,23,34H,7-8,11-13,28H2,1H3/t23-/m1/s1. The van der Waals surface area contributed by atoms with Crippen molar-refractivity contribution in [3.8, 4) is 17.0 Å². The predicted octanol–water partition coefficient (Wildman–Crippen LogP) is 3.93. The van der Waals surface area contributed by atoms with Crippen LogP contribution < -0.4 is 10.6 Å². The van der Waals surface area contributed by atoms with Crippen LogP contribution in [0.3, 0.4) is 0 Å². The molecule has 4 heterocycles. The number of benzene rings is 1. The first-order chi connectivity index (χ1) is 16.4. The number of aromatic nitrogens is 4. The maximum Gasteiger partial charge on any atom is 0.201 e. The quantitative estimate of drug-likeness (QED) is 0.469. The van der Waals surface area contributed by atoms with Crippen LogP contribution in [0, 0.1) is 24.0 Å². The first kappa shape index (κ1) is 21.0. The number of pyridine rings is 1. The summed E-state index contributed by atoms with van der Waals surface area (Å²) in [6.07, 6.45) is 6.15. The molecule has 0 saturated carbocycles. The molecule has 1 aliphatic heterocycles. The van der Waals surface area contributed by atoms with Gasteiger partial charge in [-0.15, -0.1) is 0 Å². The van der Waals surface area contributed by atoms with Gasteiger partial charge in [-0.2, -0.15) is 9.49 Å². The predicted molar refractivity (Wildman–Crippen MR) is 123 cm³/mol. The summed E-state index contributed by atoms with van der Waals surface area (Å²) in [5.41, 5.74) is 10.5. The van der Waals surface area contributed by atoms with E-state index in [0.29, 0.717) is 16.9 Å². The van der Waals surface area contributed by atoms with E-state index >= 15 is 0 Å². The molecule has 3 N–H and O–H groups in total. The summed E-state index contributed by atoms with van der Waals surface area (Å²) in [4.78, 5) is 11.6. The van der Waals surface area contributed by atoms with Crippen molar-refractivity contribution in [1.82, 2.24) is 19.6 Å². The van der Waals surface area contributed by atoms with Crippen LogP contribution >= 0.6 is 0 Å². The lowest BCUT2D eigenvalue weighted by molar-refractivity contribution is 0.187. The Balaban J connectivity index is 1.35. The van der Waals surface area contributed by atoms with Gasteiger partial charge in [0.1, 0.15) is 5.52 Å². The van der Waals surface area contributed by atoms with Crippen LogP contribution in [0.15, 0.2) is 42.7 Å². The highest BCUT2D eigenvalue weighted by Gasteiger charge is 2.46. The number of aromatic hydroxyl groups is 1. The highest BCUT2D eigenvalue weighted by molar-refractivity contribution is 5.76. The minimum atomic E-state index is -1.29. The molecule has 0 radical (unpaired) electrons. The average molecular weight is 463 g/mol. The van der Waals surface area contributed by atoms with Gasteiger partial charge in [0, 0.05) is 36.6 Å². The van der Waals surface area contributed by atoms with Crippen molar-refractivity contribution >= 4 is 11.3 Å². The first-order valence-electron chi connectivity index (χ1n) is 11.4. The van der Waals surface area contributed by atoms with Gasteiger partial charge in [-0.3, -0.25) is 4.98 Å². The number of hydrogen-bond donors (Lipinski definition) is 2. The van der Waals surface area contributed by atoms with Crippen molar-refractivity contribution in [2.24, 2.45) is 11.1 Å². The largest absolute Gasteiger partial charge is 0.505 e. The van der Waals surface area contributed by atoms with Gasteiger partial charge in [0.2, 0.25) is 5.82 Å². The average Bonchev–Trinajstić information content (AvgIpc) is 3.42. The third kappa shape index (κ3) is 2.93. The molecule has 2 aliphatic rings.